The van der Waals surface area contributed by atoms with E-state index in [0.717, 1.165) is 29.7 Å². The predicted molar refractivity (Wildman–Crippen MR) is 146 cm³/mol. The van der Waals surface area contributed by atoms with Crippen molar-refractivity contribution in [2.45, 2.75) is 47.5 Å². The van der Waals surface area contributed by atoms with Crippen molar-refractivity contribution in [3.8, 4) is 11.5 Å². The van der Waals surface area contributed by atoms with Crippen molar-refractivity contribution >= 4 is 24.2 Å². The Kier molecular flexibility index (Phi) is 10.6. The number of benzene rings is 2. The first kappa shape index (κ1) is 27.7. The van der Waals surface area contributed by atoms with Crippen LogP contribution in [0.15, 0.2) is 71.8 Å². The van der Waals surface area contributed by atoms with Gasteiger partial charge in [-0.2, -0.15) is 0 Å². The molecule has 0 unspecified atom stereocenters. The molecule has 1 N–H and O–H groups in total. The third kappa shape index (κ3) is 9.32. The molecule has 4 nitrogen and oxygen atoms in total. The van der Waals surface area contributed by atoms with E-state index in [1.54, 1.807) is 33.1 Å². The van der Waals surface area contributed by atoms with Crippen molar-refractivity contribution in [3.05, 3.63) is 88.5 Å². The predicted octanol–water partition coefficient (Wildman–Crippen LogP) is 7.85. The van der Waals surface area contributed by atoms with E-state index < -0.39 is 0 Å². The topological polar surface area (TPSA) is 55.8 Å². The molecule has 0 fully saturated rings. The van der Waals surface area contributed by atoms with Crippen LogP contribution >= 0.6 is 0 Å². The van der Waals surface area contributed by atoms with Gasteiger partial charge in [-0.1, -0.05) is 61.1 Å². The van der Waals surface area contributed by atoms with E-state index in [-0.39, 0.29) is 17.1 Å². The summed E-state index contributed by atoms with van der Waals surface area (Å²) in [6.07, 6.45) is 14.5. The highest BCUT2D eigenvalue weighted by atomic mass is 16.5. The van der Waals surface area contributed by atoms with Gasteiger partial charge in [-0.05, 0) is 82.0 Å². The van der Waals surface area contributed by atoms with Gasteiger partial charge in [0, 0.05) is 16.6 Å². The van der Waals surface area contributed by atoms with Gasteiger partial charge >= 0.3 is 5.97 Å². The number of hydrogen-bond acceptors (Lipinski definition) is 4. The molecular weight excluding hydrogens is 436 g/mol. The standard InChI is InChI=1S/C31H38O4/c1-7-35-30(33)24(4)21-27-22-26(12-15-29(27)32)17-20-31(5,18-8-9-23(2)3)19-16-25-10-13-28(34-6)14-11-25/h9-17,19-22,32H,7-8,18H2,1-6H3/b19-16+,20-17+,24-21+/t31-/m0/s1. The second-order valence-corrected chi connectivity index (χ2v) is 9.13. The van der Waals surface area contributed by atoms with Crippen LogP contribution in [0.1, 0.15) is 64.2 Å². The van der Waals surface area contributed by atoms with Crippen molar-refractivity contribution in [1.82, 2.24) is 0 Å². The van der Waals surface area contributed by atoms with Crippen LogP contribution in [-0.4, -0.2) is 24.8 Å². The Hall–Kier alpha value is -3.53. The van der Waals surface area contributed by atoms with Crippen molar-refractivity contribution in [2.75, 3.05) is 13.7 Å². The fraction of sp³-hybridized carbons (Fsp3) is 0.323. The van der Waals surface area contributed by atoms with Crippen LogP contribution in [0.25, 0.3) is 18.2 Å². The molecule has 1 atom stereocenters. The van der Waals surface area contributed by atoms with Crippen LogP contribution < -0.4 is 4.74 Å². The molecule has 2 rings (SSSR count). The van der Waals surface area contributed by atoms with Gasteiger partial charge in [0.2, 0.25) is 0 Å². The summed E-state index contributed by atoms with van der Waals surface area (Å²) in [6, 6.07) is 13.4. The number of esters is 1. The average Bonchev–Trinajstić information content (AvgIpc) is 2.83. The number of ether oxygens (including phenoxy) is 2. The molecule has 0 amide bonds. The summed E-state index contributed by atoms with van der Waals surface area (Å²) < 4.78 is 10.3. The smallest absolute Gasteiger partial charge is 0.333 e. The maximum Gasteiger partial charge on any atom is 0.333 e. The Balaban J connectivity index is 2.32. The van der Waals surface area contributed by atoms with E-state index in [1.807, 2.05) is 36.4 Å². The summed E-state index contributed by atoms with van der Waals surface area (Å²) in [7, 11) is 1.67. The highest BCUT2D eigenvalue weighted by Crippen LogP contribution is 2.31. The van der Waals surface area contributed by atoms with Crippen molar-refractivity contribution in [3.63, 3.8) is 0 Å². The molecule has 0 radical (unpaired) electrons. The fourth-order valence-electron chi connectivity index (χ4n) is 3.51. The molecular formula is C31H38O4. The third-order valence-electron chi connectivity index (χ3n) is 5.69. The monoisotopic (exact) mass is 474 g/mol. The molecule has 0 aromatic heterocycles. The number of carbonyl (C=O) groups is 1. The van der Waals surface area contributed by atoms with Crippen molar-refractivity contribution in [1.29, 1.82) is 0 Å². The summed E-state index contributed by atoms with van der Waals surface area (Å²) in [4.78, 5) is 12.0. The van der Waals surface area contributed by atoms with Crippen LogP contribution in [0.3, 0.4) is 0 Å². The number of carbonyl (C=O) groups excluding carboxylic acids is 1. The molecule has 0 spiro atoms. The van der Waals surface area contributed by atoms with Crippen LogP contribution in [0, 0.1) is 5.41 Å². The lowest BCUT2D eigenvalue weighted by Gasteiger charge is -2.22. The number of phenols is 1. The number of allylic oxidation sites excluding steroid dienone is 4. The SMILES string of the molecule is CCOC(=O)/C(C)=C/c1cc(/C=C/[C@](C)(/C=C/c2ccc(OC)cc2)CCC=C(C)C)ccc1O. The minimum atomic E-state index is -0.386. The molecule has 0 aliphatic carbocycles. The Morgan fingerprint density at radius 1 is 1.00 bits per heavy atom. The lowest BCUT2D eigenvalue weighted by atomic mass is 9.83. The van der Waals surface area contributed by atoms with Gasteiger partial charge in [-0.3, -0.25) is 0 Å². The zero-order valence-corrected chi connectivity index (χ0v) is 21.8. The van der Waals surface area contributed by atoms with Crippen molar-refractivity contribution < 1.29 is 19.4 Å². The molecule has 0 saturated carbocycles. The van der Waals surface area contributed by atoms with E-state index in [4.69, 9.17) is 9.47 Å². The minimum absolute atomic E-state index is 0.122. The van der Waals surface area contributed by atoms with E-state index in [9.17, 15) is 9.90 Å². The number of aromatic hydroxyl groups is 1. The fourth-order valence-corrected chi connectivity index (χ4v) is 3.51. The zero-order valence-electron chi connectivity index (χ0n) is 21.8. The maximum atomic E-state index is 12.0. The highest BCUT2D eigenvalue weighted by Gasteiger charge is 2.16. The molecule has 186 valence electrons. The molecule has 35 heavy (non-hydrogen) atoms. The Morgan fingerprint density at radius 2 is 1.63 bits per heavy atom. The first-order chi connectivity index (χ1) is 16.7. The van der Waals surface area contributed by atoms with Gasteiger partial charge in [0.15, 0.2) is 0 Å². The molecule has 2 aromatic carbocycles. The summed E-state index contributed by atoms with van der Waals surface area (Å²) in [5.74, 6) is 0.573. The molecule has 0 aliphatic heterocycles. The maximum absolute atomic E-state index is 12.0. The van der Waals surface area contributed by atoms with E-state index >= 15 is 0 Å². The van der Waals surface area contributed by atoms with Gasteiger partial charge in [-0.25, -0.2) is 4.79 Å². The summed E-state index contributed by atoms with van der Waals surface area (Å²) in [5.41, 5.74) is 4.20. The molecule has 0 aliphatic rings. The van der Waals surface area contributed by atoms with E-state index in [1.165, 1.54) is 5.57 Å². The minimum Gasteiger partial charge on any atom is -0.507 e. The van der Waals surface area contributed by atoms with Crippen LogP contribution in [-0.2, 0) is 9.53 Å². The van der Waals surface area contributed by atoms with Crippen LogP contribution in [0.4, 0.5) is 0 Å². The highest BCUT2D eigenvalue weighted by molar-refractivity contribution is 5.93. The van der Waals surface area contributed by atoms with Gasteiger partial charge in [0.1, 0.15) is 11.5 Å². The quantitative estimate of drug-likeness (QED) is 0.205. The lowest BCUT2D eigenvalue weighted by Crippen LogP contribution is -2.09. The summed E-state index contributed by atoms with van der Waals surface area (Å²) in [5, 5.41) is 10.3. The van der Waals surface area contributed by atoms with Gasteiger partial charge in [0.05, 0.1) is 13.7 Å². The molecule has 0 heterocycles. The summed E-state index contributed by atoms with van der Waals surface area (Å²) >= 11 is 0. The number of phenolic OH excluding ortho intramolecular Hbond substituents is 1. The summed E-state index contributed by atoms with van der Waals surface area (Å²) in [6.45, 7) is 10.2. The second kappa shape index (κ2) is 13.4. The number of methoxy groups -OCH3 is 1. The number of hydrogen-bond donors (Lipinski definition) is 1. The van der Waals surface area contributed by atoms with Gasteiger partial charge in [-0.15, -0.1) is 0 Å². The lowest BCUT2D eigenvalue weighted by molar-refractivity contribution is -0.138. The largest absolute Gasteiger partial charge is 0.507 e. The molecule has 0 saturated heterocycles. The number of rotatable bonds is 11. The average molecular weight is 475 g/mol. The van der Waals surface area contributed by atoms with Gasteiger partial charge < -0.3 is 14.6 Å². The zero-order chi connectivity index (χ0) is 25.8. The molecule has 0 bridgehead atoms. The third-order valence-corrected chi connectivity index (χ3v) is 5.69. The van der Waals surface area contributed by atoms with Crippen molar-refractivity contribution in [2.24, 2.45) is 5.41 Å². The van der Waals surface area contributed by atoms with E-state index in [0.29, 0.717) is 17.7 Å². The normalized spacial score (nSPS) is 13.6. The first-order valence-corrected chi connectivity index (χ1v) is 12.0. The second-order valence-electron chi connectivity index (χ2n) is 9.13. The first-order valence-electron chi connectivity index (χ1n) is 12.0. The molecule has 4 heteroatoms. The van der Waals surface area contributed by atoms with Crippen LogP contribution in [0.5, 0.6) is 11.5 Å². The van der Waals surface area contributed by atoms with E-state index in [2.05, 4.69) is 51.2 Å². The Morgan fingerprint density at radius 3 is 2.23 bits per heavy atom. The Labute approximate surface area is 210 Å². The molecule has 2 aromatic rings. The Bertz CT molecular complexity index is 1100. The van der Waals surface area contributed by atoms with Gasteiger partial charge in [0.25, 0.3) is 0 Å². The van der Waals surface area contributed by atoms with Crippen LogP contribution in [0.2, 0.25) is 0 Å².